The van der Waals surface area contributed by atoms with Crippen LogP contribution >= 0.6 is 0 Å². The first-order chi connectivity index (χ1) is 7.65. The molecule has 0 atom stereocenters. The van der Waals surface area contributed by atoms with Gasteiger partial charge in [-0.05, 0) is 18.6 Å². The van der Waals surface area contributed by atoms with Crippen LogP contribution < -0.4 is 5.32 Å². The Bertz CT molecular complexity index is 366. The first-order valence-corrected chi connectivity index (χ1v) is 5.08. The Kier molecular flexibility index (Phi) is 4.88. The van der Waals surface area contributed by atoms with Gasteiger partial charge in [0.15, 0.2) is 0 Å². The van der Waals surface area contributed by atoms with E-state index in [0.29, 0.717) is 18.7 Å². The Morgan fingerprint density at radius 2 is 2.25 bits per heavy atom. The number of nitro groups is 1. The van der Waals surface area contributed by atoms with E-state index in [1.54, 1.807) is 26.2 Å². The molecule has 0 spiro atoms. The molecular weight excluding hydrogens is 208 g/mol. The molecule has 16 heavy (non-hydrogen) atoms. The van der Waals surface area contributed by atoms with Crippen molar-refractivity contribution in [1.82, 2.24) is 5.32 Å². The summed E-state index contributed by atoms with van der Waals surface area (Å²) in [5, 5.41) is 13.8. The predicted octanol–water partition coefficient (Wildman–Crippen LogP) is 1.64. The van der Waals surface area contributed by atoms with E-state index in [4.69, 9.17) is 4.74 Å². The maximum absolute atomic E-state index is 10.6. The van der Waals surface area contributed by atoms with Gasteiger partial charge >= 0.3 is 0 Å². The zero-order chi connectivity index (χ0) is 12.0. The molecule has 0 amide bonds. The predicted molar refractivity (Wildman–Crippen MR) is 61.4 cm³/mol. The third kappa shape index (κ3) is 3.60. The zero-order valence-electron chi connectivity index (χ0n) is 9.53. The number of benzene rings is 1. The molecule has 0 aromatic heterocycles. The fraction of sp³-hybridized carbons (Fsp3) is 0.455. The summed E-state index contributed by atoms with van der Waals surface area (Å²) >= 11 is 0. The van der Waals surface area contributed by atoms with E-state index in [-0.39, 0.29) is 10.6 Å². The van der Waals surface area contributed by atoms with Gasteiger partial charge in [0.2, 0.25) is 0 Å². The number of ether oxygens (including phenoxy) is 1. The third-order valence-corrected chi connectivity index (χ3v) is 2.27. The summed E-state index contributed by atoms with van der Waals surface area (Å²) in [5.74, 6) is 0. The van der Waals surface area contributed by atoms with E-state index < -0.39 is 0 Å². The quantitative estimate of drug-likeness (QED) is 0.453. The third-order valence-electron chi connectivity index (χ3n) is 2.27. The molecule has 1 rings (SSSR count). The largest absolute Gasteiger partial charge is 0.383 e. The number of rotatable bonds is 6. The minimum Gasteiger partial charge on any atom is -0.383 e. The van der Waals surface area contributed by atoms with Crippen LogP contribution in [0.4, 0.5) is 5.69 Å². The lowest BCUT2D eigenvalue weighted by atomic mass is 10.1. The van der Waals surface area contributed by atoms with Crippen molar-refractivity contribution >= 4 is 5.69 Å². The summed E-state index contributed by atoms with van der Waals surface area (Å²) in [4.78, 5) is 10.2. The standard InChI is InChI=1S/C11H16N2O3/c1-9-7-10(8-12-5-6-16-2)3-4-11(9)13(14)15/h3-4,7,12H,5-6,8H2,1-2H3. The summed E-state index contributed by atoms with van der Waals surface area (Å²) < 4.78 is 4.90. The van der Waals surface area contributed by atoms with Crippen molar-refractivity contribution in [3.05, 3.63) is 39.4 Å². The van der Waals surface area contributed by atoms with E-state index >= 15 is 0 Å². The van der Waals surface area contributed by atoms with Crippen molar-refractivity contribution in [1.29, 1.82) is 0 Å². The Balaban J connectivity index is 2.56. The van der Waals surface area contributed by atoms with Crippen LogP contribution in [-0.2, 0) is 11.3 Å². The van der Waals surface area contributed by atoms with Gasteiger partial charge < -0.3 is 10.1 Å². The van der Waals surface area contributed by atoms with Crippen LogP contribution in [0.1, 0.15) is 11.1 Å². The summed E-state index contributed by atoms with van der Waals surface area (Å²) in [5.41, 5.74) is 1.90. The first-order valence-electron chi connectivity index (χ1n) is 5.08. The van der Waals surface area contributed by atoms with Gasteiger partial charge in [-0.15, -0.1) is 0 Å². The molecule has 5 heteroatoms. The Labute approximate surface area is 94.6 Å². The molecule has 0 unspecified atom stereocenters. The van der Waals surface area contributed by atoms with Crippen LogP contribution in [0.3, 0.4) is 0 Å². The highest BCUT2D eigenvalue weighted by molar-refractivity contribution is 5.41. The number of nitrogens with one attached hydrogen (secondary N) is 1. The molecule has 0 saturated carbocycles. The average molecular weight is 224 g/mol. The van der Waals surface area contributed by atoms with Gasteiger partial charge in [-0.3, -0.25) is 10.1 Å². The second kappa shape index (κ2) is 6.19. The van der Waals surface area contributed by atoms with Crippen LogP contribution in [0.15, 0.2) is 18.2 Å². The molecule has 0 fully saturated rings. The first kappa shape index (κ1) is 12.6. The topological polar surface area (TPSA) is 64.4 Å². The normalized spacial score (nSPS) is 10.4. The average Bonchev–Trinajstić information content (AvgIpc) is 2.24. The molecule has 0 saturated heterocycles. The molecule has 88 valence electrons. The lowest BCUT2D eigenvalue weighted by molar-refractivity contribution is -0.385. The minimum absolute atomic E-state index is 0.167. The highest BCUT2D eigenvalue weighted by atomic mass is 16.6. The van der Waals surface area contributed by atoms with Crippen molar-refractivity contribution in [2.75, 3.05) is 20.3 Å². The van der Waals surface area contributed by atoms with Gasteiger partial charge in [0, 0.05) is 31.8 Å². The summed E-state index contributed by atoms with van der Waals surface area (Å²) in [6.45, 7) is 3.87. The van der Waals surface area contributed by atoms with Gasteiger partial charge in [0.1, 0.15) is 0 Å². The number of hydrogen-bond acceptors (Lipinski definition) is 4. The highest BCUT2D eigenvalue weighted by Gasteiger charge is 2.09. The van der Waals surface area contributed by atoms with Crippen LogP contribution in [-0.4, -0.2) is 25.2 Å². The van der Waals surface area contributed by atoms with E-state index in [2.05, 4.69) is 5.32 Å². The van der Waals surface area contributed by atoms with Crippen molar-refractivity contribution < 1.29 is 9.66 Å². The zero-order valence-corrected chi connectivity index (χ0v) is 9.53. The molecule has 0 aliphatic rings. The summed E-state index contributed by atoms with van der Waals surface area (Å²) in [6, 6.07) is 5.14. The fourth-order valence-electron chi connectivity index (χ4n) is 1.44. The number of nitro benzene ring substituents is 1. The highest BCUT2D eigenvalue weighted by Crippen LogP contribution is 2.18. The Hall–Kier alpha value is -1.46. The lowest BCUT2D eigenvalue weighted by Crippen LogP contribution is -2.18. The Morgan fingerprint density at radius 3 is 2.81 bits per heavy atom. The van der Waals surface area contributed by atoms with Crippen molar-refractivity contribution in [3.8, 4) is 0 Å². The fourth-order valence-corrected chi connectivity index (χ4v) is 1.44. The maximum Gasteiger partial charge on any atom is 0.272 e. The molecule has 1 N–H and O–H groups in total. The van der Waals surface area contributed by atoms with Gasteiger partial charge in [-0.25, -0.2) is 0 Å². The van der Waals surface area contributed by atoms with Gasteiger partial charge in [0.05, 0.1) is 11.5 Å². The molecule has 0 heterocycles. The molecule has 0 aliphatic heterocycles. The number of aryl methyl sites for hydroxylation is 1. The van der Waals surface area contributed by atoms with E-state index in [0.717, 1.165) is 12.1 Å². The molecule has 0 radical (unpaired) electrons. The summed E-state index contributed by atoms with van der Waals surface area (Å²) in [6.07, 6.45) is 0. The number of hydrogen-bond donors (Lipinski definition) is 1. The minimum atomic E-state index is -0.364. The van der Waals surface area contributed by atoms with Crippen molar-refractivity contribution in [2.24, 2.45) is 0 Å². The smallest absolute Gasteiger partial charge is 0.272 e. The second-order valence-corrected chi connectivity index (χ2v) is 3.55. The Morgan fingerprint density at radius 1 is 1.50 bits per heavy atom. The van der Waals surface area contributed by atoms with Crippen molar-refractivity contribution in [3.63, 3.8) is 0 Å². The van der Waals surface area contributed by atoms with Crippen LogP contribution in [0.2, 0.25) is 0 Å². The molecule has 1 aromatic carbocycles. The van der Waals surface area contributed by atoms with E-state index in [1.807, 2.05) is 6.07 Å². The van der Waals surface area contributed by atoms with E-state index in [1.165, 1.54) is 0 Å². The molecule has 1 aromatic rings. The SMILES string of the molecule is COCCNCc1ccc([N+](=O)[O-])c(C)c1. The van der Waals surface area contributed by atoms with Crippen molar-refractivity contribution in [2.45, 2.75) is 13.5 Å². The van der Waals surface area contributed by atoms with Gasteiger partial charge in [0.25, 0.3) is 5.69 Å². The van der Waals surface area contributed by atoms with E-state index in [9.17, 15) is 10.1 Å². The lowest BCUT2D eigenvalue weighted by Gasteiger charge is -2.05. The molecular formula is C11H16N2O3. The monoisotopic (exact) mass is 224 g/mol. The van der Waals surface area contributed by atoms with Gasteiger partial charge in [-0.2, -0.15) is 0 Å². The van der Waals surface area contributed by atoms with Crippen LogP contribution in [0.5, 0.6) is 0 Å². The molecule has 5 nitrogen and oxygen atoms in total. The van der Waals surface area contributed by atoms with Crippen LogP contribution in [0, 0.1) is 17.0 Å². The van der Waals surface area contributed by atoms with Crippen LogP contribution in [0.25, 0.3) is 0 Å². The number of methoxy groups -OCH3 is 1. The maximum atomic E-state index is 10.6. The van der Waals surface area contributed by atoms with Gasteiger partial charge in [-0.1, -0.05) is 6.07 Å². The number of nitrogens with zero attached hydrogens (tertiary/aromatic N) is 1. The summed E-state index contributed by atoms with van der Waals surface area (Å²) in [7, 11) is 1.65. The molecule has 0 bridgehead atoms. The molecule has 0 aliphatic carbocycles. The second-order valence-electron chi connectivity index (χ2n) is 3.55.